The van der Waals surface area contributed by atoms with E-state index in [0.29, 0.717) is 18.1 Å². The van der Waals surface area contributed by atoms with Gasteiger partial charge in [-0.2, -0.15) is 13.2 Å². The highest BCUT2D eigenvalue weighted by atomic mass is 19.4. The molecule has 1 heterocycles. The third-order valence-corrected chi connectivity index (χ3v) is 5.07. The van der Waals surface area contributed by atoms with E-state index in [1.807, 2.05) is 13.0 Å². The number of alkyl halides is 3. The molecule has 6 nitrogen and oxygen atoms in total. The number of hydrogen-bond donors (Lipinski definition) is 2. The second-order valence-electron chi connectivity index (χ2n) is 7.72. The van der Waals surface area contributed by atoms with Crippen LogP contribution in [-0.2, 0) is 6.54 Å². The van der Waals surface area contributed by atoms with Gasteiger partial charge < -0.3 is 25.2 Å². The third kappa shape index (κ3) is 9.21. The Balaban J connectivity index is 1.72. The predicted molar refractivity (Wildman–Crippen MR) is 114 cm³/mol. The average Bonchev–Trinajstić information content (AvgIpc) is 2.70. The topological polar surface area (TPSA) is 52.1 Å². The summed E-state index contributed by atoms with van der Waals surface area (Å²) in [5.74, 6) is 0.861. The molecule has 1 saturated heterocycles. The fourth-order valence-corrected chi connectivity index (χ4v) is 3.24. The summed E-state index contributed by atoms with van der Waals surface area (Å²) in [7, 11) is 3.83. The van der Waals surface area contributed by atoms with Crippen LogP contribution < -0.4 is 15.4 Å². The van der Waals surface area contributed by atoms with Crippen LogP contribution in [0.3, 0.4) is 0 Å². The molecule has 170 valence electrons. The number of unbranched alkanes of at least 4 members (excludes halogenated alkanes) is 1. The molecule has 1 aromatic carbocycles. The zero-order chi connectivity index (χ0) is 22.0. The van der Waals surface area contributed by atoms with Gasteiger partial charge in [0.05, 0.1) is 0 Å². The number of nitrogens with zero attached hydrogens (tertiary/aromatic N) is 3. The smallest absolute Gasteiger partial charge is 0.422 e. The molecule has 1 fully saturated rings. The standard InChI is InChI=1S/C21H34F3N5O/c1-17-6-7-18(19(14-17)30-16-21(22,23)24)15-27-20(25-2)26-8-4-5-9-29-12-10-28(3)11-13-29/h6-7,14H,4-5,8-13,15-16H2,1-3H3,(H2,25,26,27). The van der Waals surface area contributed by atoms with E-state index in [4.69, 9.17) is 4.74 Å². The Bertz CT molecular complexity index is 673. The van der Waals surface area contributed by atoms with Crippen LogP contribution in [0.4, 0.5) is 13.2 Å². The van der Waals surface area contributed by atoms with Gasteiger partial charge in [-0.1, -0.05) is 12.1 Å². The quantitative estimate of drug-likeness (QED) is 0.359. The van der Waals surface area contributed by atoms with Crippen molar-refractivity contribution in [1.82, 2.24) is 20.4 Å². The predicted octanol–water partition coefficient (Wildman–Crippen LogP) is 2.63. The Hall–Kier alpha value is -2.00. The summed E-state index contributed by atoms with van der Waals surface area (Å²) < 4.78 is 42.5. The monoisotopic (exact) mass is 429 g/mol. The molecule has 1 aromatic rings. The van der Waals surface area contributed by atoms with Gasteiger partial charge in [0.25, 0.3) is 0 Å². The Morgan fingerprint density at radius 1 is 1.13 bits per heavy atom. The van der Waals surface area contributed by atoms with E-state index in [0.717, 1.165) is 57.7 Å². The normalized spacial score (nSPS) is 16.5. The Morgan fingerprint density at radius 3 is 2.53 bits per heavy atom. The summed E-state index contributed by atoms with van der Waals surface area (Å²) in [5, 5.41) is 6.41. The molecular weight excluding hydrogens is 395 g/mol. The molecule has 0 aliphatic carbocycles. The Kier molecular flexibility index (Phi) is 9.71. The van der Waals surface area contributed by atoms with Gasteiger partial charge in [-0.05, 0) is 45.0 Å². The van der Waals surface area contributed by atoms with Crippen molar-refractivity contribution in [3.63, 3.8) is 0 Å². The van der Waals surface area contributed by atoms with Crippen LogP contribution in [0.25, 0.3) is 0 Å². The lowest BCUT2D eigenvalue weighted by atomic mass is 10.1. The lowest BCUT2D eigenvalue weighted by Crippen LogP contribution is -2.44. The van der Waals surface area contributed by atoms with Crippen LogP contribution in [-0.4, -0.2) is 81.9 Å². The van der Waals surface area contributed by atoms with Crippen LogP contribution in [0.5, 0.6) is 5.75 Å². The van der Waals surface area contributed by atoms with E-state index in [9.17, 15) is 13.2 Å². The first-order valence-electron chi connectivity index (χ1n) is 10.4. The number of likely N-dealkylation sites (N-methyl/N-ethyl adjacent to an activating group) is 1. The maximum absolute atomic E-state index is 12.5. The summed E-state index contributed by atoms with van der Waals surface area (Å²) >= 11 is 0. The lowest BCUT2D eigenvalue weighted by Gasteiger charge is -2.32. The number of benzene rings is 1. The Labute approximate surface area is 177 Å². The second kappa shape index (κ2) is 12.0. The SMILES string of the molecule is CN=C(NCCCCN1CCN(C)CC1)NCc1ccc(C)cc1OCC(F)(F)F. The summed E-state index contributed by atoms with van der Waals surface area (Å²) in [6, 6.07) is 5.25. The number of aliphatic imine (C=N–C) groups is 1. The number of rotatable bonds is 9. The third-order valence-electron chi connectivity index (χ3n) is 5.07. The van der Waals surface area contributed by atoms with Crippen molar-refractivity contribution in [1.29, 1.82) is 0 Å². The fraction of sp³-hybridized carbons (Fsp3) is 0.667. The summed E-state index contributed by atoms with van der Waals surface area (Å²) in [5.41, 5.74) is 1.50. The van der Waals surface area contributed by atoms with Gasteiger partial charge in [0.1, 0.15) is 5.75 Å². The summed E-state index contributed by atoms with van der Waals surface area (Å²) in [6.07, 6.45) is -2.23. The maximum atomic E-state index is 12.5. The molecule has 9 heteroatoms. The van der Waals surface area contributed by atoms with Gasteiger partial charge in [-0.3, -0.25) is 4.99 Å². The minimum atomic E-state index is -4.36. The van der Waals surface area contributed by atoms with Crippen molar-refractivity contribution >= 4 is 5.96 Å². The molecule has 0 amide bonds. The van der Waals surface area contributed by atoms with Crippen molar-refractivity contribution in [3.8, 4) is 5.75 Å². The van der Waals surface area contributed by atoms with Crippen LogP contribution in [0.2, 0.25) is 0 Å². The van der Waals surface area contributed by atoms with E-state index in [-0.39, 0.29) is 5.75 Å². The molecule has 0 aromatic heterocycles. The number of halogens is 3. The van der Waals surface area contributed by atoms with E-state index in [1.165, 1.54) is 0 Å². The molecule has 2 rings (SSSR count). The molecule has 0 radical (unpaired) electrons. The molecule has 1 aliphatic rings. The Morgan fingerprint density at radius 2 is 1.87 bits per heavy atom. The zero-order valence-electron chi connectivity index (χ0n) is 18.2. The fourth-order valence-electron chi connectivity index (χ4n) is 3.24. The van der Waals surface area contributed by atoms with Gasteiger partial charge in [0.2, 0.25) is 0 Å². The van der Waals surface area contributed by atoms with E-state index in [2.05, 4.69) is 32.5 Å². The van der Waals surface area contributed by atoms with Crippen molar-refractivity contribution in [2.24, 2.45) is 4.99 Å². The van der Waals surface area contributed by atoms with Gasteiger partial charge >= 0.3 is 6.18 Å². The van der Waals surface area contributed by atoms with Gasteiger partial charge in [0, 0.05) is 51.9 Å². The van der Waals surface area contributed by atoms with Gasteiger partial charge in [0.15, 0.2) is 12.6 Å². The van der Waals surface area contributed by atoms with Gasteiger partial charge in [-0.15, -0.1) is 0 Å². The first kappa shape index (κ1) is 24.3. The largest absolute Gasteiger partial charge is 0.484 e. The van der Waals surface area contributed by atoms with E-state index >= 15 is 0 Å². The maximum Gasteiger partial charge on any atom is 0.422 e. The number of aryl methyl sites for hydroxylation is 1. The van der Waals surface area contributed by atoms with Crippen LogP contribution in [0.15, 0.2) is 23.2 Å². The molecule has 0 atom stereocenters. The van der Waals surface area contributed by atoms with Crippen molar-refractivity contribution in [3.05, 3.63) is 29.3 Å². The first-order chi connectivity index (χ1) is 14.3. The number of nitrogens with one attached hydrogen (secondary N) is 2. The highest BCUT2D eigenvalue weighted by Gasteiger charge is 2.28. The lowest BCUT2D eigenvalue weighted by molar-refractivity contribution is -0.153. The highest BCUT2D eigenvalue weighted by molar-refractivity contribution is 5.79. The summed E-state index contributed by atoms with van der Waals surface area (Å²) in [6.45, 7) is 7.25. The summed E-state index contributed by atoms with van der Waals surface area (Å²) in [4.78, 5) is 9.03. The van der Waals surface area contributed by atoms with E-state index in [1.54, 1.807) is 19.2 Å². The van der Waals surface area contributed by atoms with Crippen molar-refractivity contribution in [2.75, 3.05) is 60.0 Å². The minimum absolute atomic E-state index is 0.238. The molecule has 0 unspecified atom stereocenters. The molecular formula is C21H34F3N5O. The average molecular weight is 430 g/mol. The van der Waals surface area contributed by atoms with Crippen LogP contribution >= 0.6 is 0 Å². The molecule has 0 saturated carbocycles. The molecule has 0 spiro atoms. The number of ether oxygens (including phenoxy) is 1. The van der Waals surface area contributed by atoms with Crippen molar-refractivity contribution < 1.29 is 17.9 Å². The minimum Gasteiger partial charge on any atom is -0.484 e. The van der Waals surface area contributed by atoms with Crippen LogP contribution in [0, 0.1) is 6.92 Å². The molecule has 2 N–H and O–H groups in total. The molecule has 0 bridgehead atoms. The highest BCUT2D eigenvalue weighted by Crippen LogP contribution is 2.23. The number of guanidine groups is 1. The van der Waals surface area contributed by atoms with E-state index < -0.39 is 12.8 Å². The number of hydrogen-bond acceptors (Lipinski definition) is 4. The van der Waals surface area contributed by atoms with Crippen molar-refractivity contribution in [2.45, 2.75) is 32.5 Å². The first-order valence-corrected chi connectivity index (χ1v) is 10.4. The number of piperazine rings is 1. The molecule has 30 heavy (non-hydrogen) atoms. The zero-order valence-corrected chi connectivity index (χ0v) is 18.2. The van der Waals surface area contributed by atoms with Gasteiger partial charge in [-0.25, -0.2) is 0 Å². The second-order valence-corrected chi connectivity index (χ2v) is 7.72. The van der Waals surface area contributed by atoms with Crippen LogP contribution in [0.1, 0.15) is 24.0 Å². The molecule has 1 aliphatic heterocycles.